The van der Waals surface area contributed by atoms with Crippen molar-refractivity contribution in [2.75, 3.05) is 29.2 Å². The third kappa shape index (κ3) is 5.85. The lowest BCUT2D eigenvalue weighted by Crippen LogP contribution is -2.39. The maximum Gasteiger partial charge on any atom is 0.258 e. The molecule has 0 unspecified atom stereocenters. The van der Waals surface area contributed by atoms with E-state index in [2.05, 4.69) is 0 Å². The summed E-state index contributed by atoms with van der Waals surface area (Å²) in [5.74, 6) is -0.254. The second kappa shape index (κ2) is 12.4. The average Bonchev–Trinajstić information content (AvgIpc) is 3.11. The molecule has 4 aromatic carbocycles. The van der Waals surface area contributed by atoms with E-state index >= 15 is 0 Å². The summed E-state index contributed by atoms with van der Waals surface area (Å²) in [4.78, 5) is 44.1. The van der Waals surface area contributed by atoms with E-state index in [0.717, 1.165) is 16.3 Å². The van der Waals surface area contributed by atoms with E-state index < -0.39 is 12.0 Å². The summed E-state index contributed by atoms with van der Waals surface area (Å²) >= 11 is 0. The van der Waals surface area contributed by atoms with Crippen LogP contribution in [0.1, 0.15) is 42.1 Å². The van der Waals surface area contributed by atoms with Gasteiger partial charge in [-0.25, -0.2) is 0 Å². The highest BCUT2D eigenvalue weighted by molar-refractivity contribution is 6.11. The molecule has 4 N–H and O–H groups in total. The highest BCUT2D eigenvalue weighted by atomic mass is 16.5. The predicted molar refractivity (Wildman–Crippen MR) is 167 cm³/mol. The van der Waals surface area contributed by atoms with Crippen LogP contribution in [-0.4, -0.2) is 37.3 Å². The number of ketones is 1. The lowest BCUT2D eigenvalue weighted by Gasteiger charge is -2.27. The summed E-state index contributed by atoms with van der Waals surface area (Å²) in [6.07, 6.45) is 1.19. The van der Waals surface area contributed by atoms with E-state index in [0.29, 0.717) is 41.2 Å². The van der Waals surface area contributed by atoms with E-state index in [4.69, 9.17) is 16.2 Å². The van der Waals surface area contributed by atoms with Crippen LogP contribution < -0.4 is 26.0 Å². The normalized spacial score (nSPS) is 15.7. The number of anilines is 3. The van der Waals surface area contributed by atoms with Crippen LogP contribution in [0.25, 0.3) is 10.8 Å². The molecule has 2 amide bonds. The highest BCUT2D eigenvalue weighted by Gasteiger charge is 2.36. The van der Waals surface area contributed by atoms with E-state index in [1.54, 1.807) is 48.1 Å². The van der Waals surface area contributed by atoms with Crippen LogP contribution in [0.2, 0.25) is 0 Å². The molecule has 0 saturated carbocycles. The van der Waals surface area contributed by atoms with Crippen molar-refractivity contribution in [1.82, 2.24) is 0 Å². The Kier molecular flexibility index (Phi) is 8.54. The molecule has 0 spiro atoms. The van der Waals surface area contributed by atoms with Gasteiger partial charge in [-0.2, -0.15) is 0 Å². The van der Waals surface area contributed by atoms with Crippen LogP contribution in [0.5, 0.6) is 5.75 Å². The van der Waals surface area contributed by atoms with Crippen molar-refractivity contribution in [3.63, 3.8) is 0 Å². The van der Waals surface area contributed by atoms with Gasteiger partial charge in [0.25, 0.3) is 5.91 Å². The Morgan fingerprint density at radius 3 is 2.36 bits per heavy atom. The number of Topliss-reactive ketones (excluding diaryl/α,β-unsaturated/α-hetero) is 1. The van der Waals surface area contributed by atoms with Gasteiger partial charge in [-0.1, -0.05) is 42.5 Å². The fourth-order valence-corrected chi connectivity index (χ4v) is 5.59. The van der Waals surface area contributed by atoms with Gasteiger partial charge in [-0.05, 0) is 73.0 Å². The topological polar surface area (TPSA) is 119 Å². The fourth-order valence-electron chi connectivity index (χ4n) is 5.59. The third-order valence-electron chi connectivity index (χ3n) is 7.90. The quantitative estimate of drug-likeness (QED) is 0.265. The van der Waals surface area contributed by atoms with Crippen LogP contribution in [-0.2, 0) is 16.1 Å². The second-order valence-electron chi connectivity index (χ2n) is 10.8. The van der Waals surface area contributed by atoms with Crippen molar-refractivity contribution in [3.05, 3.63) is 96.1 Å². The number of hydrogen-bond acceptors (Lipinski definition) is 6. The van der Waals surface area contributed by atoms with E-state index in [1.807, 2.05) is 60.7 Å². The minimum Gasteiger partial charge on any atom is -0.496 e. The maximum absolute atomic E-state index is 14.4. The molecule has 1 aliphatic heterocycles. The Labute approximate surface area is 245 Å². The monoisotopic (exact) mass is 564 g/mol. The van der Waals surface area contributed by atoms with Gasteiger partial charge in [-0.3, -0.25) is 14.4 Å². The van der Waals surface area contributed by atoms with Crippen molar-refractivity contribution < 1.29 is 19.1 Å². The first-order valence-electron chi connectivity index (χ1n) is 14.2. The Hall–Kier alpha value is -4.69. The van der Waals surface area contributed by atoms with Crippen molar-refractivity contribution in [2.24, 2.45) is 11.7 Å². The molecular weight excluding hydrogens is 528 g/mol. The molecule has 0 bridgehead atoms. The molecule has 42 heavy (non-hydrogen) atoms. The zero-order valence-corrected chi connectivity index (χ0v) is 24.0. The SMILES string of the molecule is COc1ccc2ccccc2c1CN1C(=O)[C@@H](CCCC(=O)[C@H](C)N)CN(C(=O)c2ccc(N)cc2)c2ccccc21. The lowest BCUT2D eigenvalue weighted by molar-refractivity contribution is -0.123. The number of para-hydroxylation sites is 2. The molecular formula is C34H36N4O4. The van der Waals surface area contributed by atoms with Crippen LogP contribution in [0.4, 0.5) is 17.1 Å². The maximum atomic E-state index is 14.4. The molecule has 0 aliphatic carbocycles. The summed E-state index contributed by atoms with van der Waals surface area (Å²) in [7, 11) is 1.62. The number of nitrogens with two attached hydrogens (primary N) is 2. The number of carbonyl (C=O) groups excluding carboxylic acids is 3. The molecule has 0 aromatic heterocycles. The van der Waals surface area contributed by atoms with Crippen molar-refractivity contribution >= 4 is 45.4 Å². The number of methoxy groups -OCH3 is 1. The number of carbonyl (C=O) groups is 3. The molecule has 1 heterocycles. The minimum absolute atomic E-state index is 0.0495. The molecule has 8 nitrogen and oxygen atoms in total. The van der Waals surface area contributed by atoms with Crippen molar-refractivity contribution in [1.29, 1.82) is 0 Å². The van der Waals surface area contributed by atoms with Gasteiger partial charge < -0.3 is 26.0 Å². The standard InChI is InChI=1S/C34H36N4O4/c1-22(35)31(39)13-7-9-25-20-37(33(40)24-14-17-26(36)18-15-24)29-11-5-6-12-30(29)38(34(25)41)21-28-27-10-4-3-8-23(27)16-19-32(28)42-2/h3-6,8,10-12,14-19,22,25H,7,9,13,20-21,35-36H2,1-2H3/t22-,25-/m0/s1. The van der Waals surface area contributed by atoms with E-state index in [9.17, 15) is 14.4 Å². The number of nitrogens with zero attached hydrogens (tertiary/aromatic N) is 2. The Morgan fingerprint density at radius 2 is 1.64 bits per heavy atom. The van der Waals surface area contributed by atoms with Gasteiger partial charge in [0.2, 0.25) is 5.91 Å². The average molecular weight is 565 g/mol. The first-order valence-corrected chi connectivity index (χ1v) is 14.2. The first-order chi connectivity index (χ1) is 20.3. The summed E-state index contributed by atoms with van der Waals surface area (Å²) in [5.41, 5.74) is 14.8. The minimum atomic E-state index is -0.557. The number of benzene rings is 4. The summed E-state index contributed by atoms with van der Waals surface area (Å²) in [6, 6.07) is 25.6. The third-order valence-corrected chi connectivity index (χ3v) is 7.90. The summed E-state index contributed by atoms with van der Waals surface area (Å²) < 4.78 is 5.75. The number of amides is 2. The zero-order valence-electron chi connectivity index (χ0n) is 24.0. The largest absolute Gasteiger partial charge is 0.496 e. The van der Waals surface area contributed by atoms with Crippen molar-refractivity contribution in [3.8, 4) is 5.75 Å². The van der Waals surface area contributed by atoms with Gasteiger partial charge >= 0.3 is 0 Å². The molecule has 0 saturated heterocycles. The zero-order chi connectivity index (χ0) is 29.8. The number of ether oxygens (including phenoxy) is 1. The molecule has 2 atom stereocenters. The number of fused-ring (bicyclic) bond motifs is 2. The molecule has 216 valence electrons. The van der Waals surface area contributed by atoms with Crippen molar-refractivity contribution in [2.45, 2.75) is 38.8 Å². The molecule has 0 radical (unpaired) electrons. The first kappa shape index (κ1) is 28.8. The molecule has 8 heteroatoms. The van der Waals surface area contributed by atoms with Gasteiger partial charge in [0, 0.05) is 29.8 Å². The van der Waals surface area contributed by atoms with Crippen LogP contribution in [0, 0.1) is 5.92 Å². The highest BCUT2D eigenvalue weighted by Crippen LogP contribution is 2.39. The number of rotatable bonds is 9. The van der Waals surface area contributed by atoms with E-state index in [1.165, 1.54) is 0 Å². The summed E-state index contributed by atoms with van der Waals surface area (Å²) in [5, 5.41) is 2.02. The van der Waals surface area contributed by atoms with Crippen LogP contribution in [0.3, 0.4) is 0 Å². The fraction of sp³-hybridized carbons (Fsp3) is 0.265. The molecule has 4 aromatic rings. The number of nitrogen functional groups attached to an aromatic ring is 1. The predicted octanol–water partition coefficient (Wildman–Crippen LogP) is 5.33. The summed E-state index contributed by atoms with van der Waals surface area (Å²) in [6.45, 7) is 2.09. The van der Waals surface area contributed by atoms with Gasteiger partial charge in [0.05, 0.1) is 37.0 Å². The van der Waals surface area contributed by atoms with Gasteiger partial charge in [0.1, 0.15) is 11.5 Å². The molecule has 5 rings (SSSR count). The Bertz CT molecular complexity index is 1620. The molecule has 1 aliphatic rings. The Morgan fingerprint density at radius 1 is 0.952 bits per heavy atom. The Balaban J connectivity index is 1.59. The lowest BCUT2D eigenvalue weighted by atomic mass is 9.97. The number of hydrogen-bond donors (Lipinski definition) is 2. The van der Waals surface area contributed by atoms with E-state index in [-0.39, 0.29) is 37.1 Å². The van der Waals surface area contributed by atoms with Crippen LogP contribution >= 0.6 is 0 Å². The molecule has 0 fully saturated rings. The second-order valence-corrected chi connectivity index (χ2v) is 10.8. The van der Waals surface area contributed by atoms with Gasteiger partial charge in [0.15, 0.2) is 0 Å². The van der Waals surface area contributed by atoms with Crippen LogP contribution in [0.15, 0.2) is 84.9 Å². The van der Waals surface area contributed by atoms with Gasteiger partial charge in [-0.15, -0.1) is 0 Å². The smallest absolute Gasteiger partial charge is 0.258 e.